The summed E-state index contributed by atoms with van der Waals surface area (Å²) in [5, 5.41) is 5.97. The van der Waals surface area contributed by atoms with Crippen molar-refractivity contribution in [1.82, 2.24) is 9.80 Å². The van der Waals surface area contributed by atoms with Gasteiger partial charge in [-0.1, -0.05) is 56.8 Å². The van der Waals surface area contributed by atoms with Gasteiger partial charge in [0.1, 0.15) is 0 Å². The molecule has 1 saturated heterocycles. The fraction of sp³-hybridized carbons (Fsp3) is 0.278. The fourth-order valence-corrected chi connectivity index (χ4v) is 4.33. The SMILES string of the molecule is S=C(Nc1ccc(Br)cc1Cl)N1CCN(Cc2c(Cl)cccc2Cl)CC1. The van der Waals surface area contributed by atoms with Crippen LogP contribution in [0.5, 0.6) is 0 Å². The van der Waals surface area contributed by atoms with Gasteiger partial charge >= 0.3 is 0 Å². The Hall–Kier alpha value is -0.560. The van der Waals surface area contributed by atoms with E-state index >= 15 is 0 Å². The van der Waals surface area contributed by atoms with Crippen molar-refractivity contribution in [2.75, 3.05) is 31.5 Å². The van der Waals surface area contributed by atoms with Gasteiger partial charge in [0.25, 0.3) is 0 Å². The second-order valence-electron chi connectivity index (χ2n) is 6.02. The second-order valence-corrected chi connectivity index (χ2v) is 8.54. The van der Waals surface area contributed by atoms with E-state index in [1.807, 2.05) is 36.4 Å². The number of nitrogens with zero attached hydrogens (tertiary/aromatic N) is 2. The number of piperazine rings is 1. The second kappa shape index (κ2) is 9.09. The van der Waals surface area contributed by atoms with Gasteiger partial charge in [-0.05, 0) is 42.5 Å². The molecule has 3 rings (SSSR count). The number of nitrogens with one attached hydrogen (secondary N) is 1. The van der Waals surface area contributed by atoms with Crippen molar-refractivity contribution in [3.63, 3.8) is 0 Å². The third-order valence-electron chi connectivity index (χ3n) is 4.28. The van der Waals surface area contributed by atoms with E-state index in [1.54, 1.807) is 0 Å². The molecule has 0 unspecified atom stereocenters. The minimum atomic E-state index is 0.633. The van der Waals surface area contributed by atoms with Crippen LogP contribution in [0, 0.1) is 0 Å². The Morgan fingerprint density at radius 3 is 2.27 bits per heavy atom. The fourth-order valence-electron chi connectivity index (χ4n) is 2.80. The predicted molar refractivity (Wildman–Crippen MR) is 119 cm³/mol. The summed E-state index contributed by atoms with van der Waals surface area (Å²) in [5.41, 5.74) is 1.79. The van der Waals surface area contributed by atoms with Crippen LogP contribution in [0.15, 0.2) is 40.9 Å². The van der Waals surface area contributed by atoms with E-state index in [2.05, 4.69) is 31.0 Å². The number of halogens is 4. The maximum atomic E-state index is 6.28. The Labute approximate surface area is 182 Å². The third kappa shape index (κ3) is 5.03. The Balaban J connectivity index is 1.55. The summed E-state index contributed by atoms with van der Waals surface area (Å²) in [6.45, 7) is 4.18. The molecule has 0 aliphatic carbocycles. The number of benzene rings is 2. The summed E-state index contributed by atoms with van der Waals surface area (Å²) in [6, 6.07) is 11.3. The van der Waals surface area contributed by atoms with Crippen LogP contribution < -0.4 is 5.32 Å². The molecular formula is C18H17BrCl3N3S. The molecule has 0 radical (unpaired) electrons. The first-order chi connectivity index (χ1) is 12.4. The number of rotatable bonds is 3. The maximum Gasteiger partial charge on any atom is 0.173 e. The number of hydrogen-bond acceptors (Lipinski definition) is 2. The largest absolute Gasteiger partial charge is 0.346 e. The van der Waals surface area contributed by atoms with Gasteiger partial charge in [-0.3, -0.25) is 4.90 Å². The molecule has 0 spiro atoms. The first kappa shape index (κ1) is 20.2. The molecule has 0 bridgehead atoms. The van der Waals surface area contributed by atoms with Crippen LogP contribution in [0.2, 0.25) is 15.1 Å². The van der Waals surface area contributed by atoms with Crippen molar-refractivity contribution in [1.29, 1.82) is 0 Å². The quantitative estimate of drug-likeness (QED) is 0.535. The van der Waals surface area contributed by atoms with Crippen LogP contribution in [0.1, 0.15) is 5.56 Å². The van der Waals surface area contributed by atoms with Gasteiger partial charge in [0, 0.05) is 52.8 Å². The van der Waals surface area contributed by atoms with E-state index in [1.165, 1.54) is 0 Å². The summed E-state index contributed by atoms with van der Waals surface area (Å²) in [5.74, 6) is 0. The molecule has 0 aromatic heterocycles. The van der Waals surface area contributed by atoms with E-state index in [-0.39, 0.29) is 0 Å². The normalized spacial score (nSPS) is 15.2. The van der Waals surface area contributed by atoms with Crippen LogP contribution in [0.25, 0.3) is 0 Å². The van der Waals surface area contributed by atoms with Gasteiger partial charge in [-0.15, -0.1) is 0 Å². The van der Waals surface area contributed by atoms with Gasteiger partial charge in [0.15, 0.2) is 5.11 Å². The van der Waals surface area contributed by atoms with Gasteiger partial charge in [-0.2, -0.15) is 0 Å². The molecule has 26 heavy (non-hydrogen) atoms. The highest BCUT2D eigenvalue weighted by molar-refractivity contribution is 9.10. The van der Waals surface area contributed by atoms with Crippen molar-refractivity contribution in [3.8, 4) is 0 Å². The average Bonchev–Trinajstić information content (AvgIpc) is 2.61. The first-order valence-electron chi connectivity index (χ1n) is 8.10. The smallest absolute Gasteiger partial charge is 0.173 e. The van der Waals surface area contributed by atoms with Crippen LogP contribution in [-0.4, -0.2) is 41.1 Å². The molecule has 0 amide bonds. The predicted octanol–water partition coefficient (Wildman–Crippen LogP) is 5.92. The highest BCUT2D eigenvalue weighted by Gasteiger charge is 2.21. The lowest BCUT2D eigenvalue weighted by Gasteiger charge is -2.36. The molecule has 0 atom stereocenters. The van der Waals surface area contributed by atoms with Crippen molar-refractivity contribution in [2.45, 2.75) is 6.54 Å². The molecule has 2 aromatic rings. The summed E-state index contributed by atoms with van der Waals surface area (Å²) in [6.07, 6.45) is 0. The standard InChI is InChI=1S/C18H17BrCl3N3S/c19-12-4-5-17(16(22)10-12)23-18(26)25-8-6-24(7-9-25)11-13-14(20)2-1-3-15(13)21/h1-5,10H,6-9,11H2,(H,23,26). The maximum absolute atomic E-state index is 6.28. The first-order valence-corrected chi connectivity index (χ1v) is 10.4. The van der Waals surface area contributed by atoms with E-state index in [9.17, 15) is 0 Å². The average molecular weight is 494 g/mol. The van der Waals surface area contributed by atoms with Gasteiger partial charge in [0.2, 0.25) is 0 Å². The van der Waals surface area contributed by atoms with Gasteiger partial charge in [0.05, 0.1) is 10.7 Å². The summed E-state index contributed by atoms with van der Waals surface area (Å²) in [7, 11) is 0. The van der Waals surface area contributed by atoms with Crippen LogP contribution in [0.4, 0.5) is 5.69 Å². The lowest BCUT2D eigenvalue weighted by Crippen LogP contribution is -2.49. The van der Waals surface area contributed by atoms with Crippen molar-refractivity contribution >= 4 is 73.8 Å². The third-order valence-corrected chi connectivity index (χ3v) is 6.15. The molecule has 0 saturated carbocycles. The molecule has 1 heterocycles. The molecule has 1 aliphatic rings. The highest BCUT2D eigenvalue weighted by atomic mass is 79.9. The van der Waals surface area contributed by atoms with Crippen LogP contribution >= 0.6 is 63.0 Å². The molecule has 1 fully saturated rings. The van der Waals surface area contributed by atoms with Gasteiger partial charge < -0.3 is 10.2 Å². The van der Waals surface area contributed by atoms with Gasteiger partial charge in [-0.25, -0.2) is 0 Å². The lowest BCUT2D eigenvalue weighted by molar-refractivity contribution is 0.177. The van der Waals surface area contributed by atoms with E-state index in [4.69, 9.17) is 47.0 Å². The Bertz CT molecular complexity index is 790. The monoisotopic (exact) mass is 491 g/mol. The Kier molecular flexibility index (Phi) is 7.05. The van der Waals surface area contributed by atoms with Crippen LogP contribution in [0.3, 0.4) is 0 Å². The Morgan fingerprint density at radius 2 is 1.65 bits per heavy atom. The van der Waals surface area contributed by atoms with E-state index < -0.39 is 0 Å². The molecular weight excluding hydrogens is 477 g/mol. The molecule has 3 nitrogen and oxygen atoms in total. The topological polar surface area (TPSA) is 18.5 Å². The Morgan fingerprint density at radius 1 is 1.00 bits per heavy atom. The summed E-state index contributed by atoms with van der Waals surface area (Å²) in [4.78, 5) is 4.48. The van der Waals surface area contributed by atoms with E-state index in [0.29, 0.717) is 20.2 Å². The minimum absolute atomic E-state index is 0.633. The van der Waals surface area contributed by atoms with Crippen molar-refractivity contribution in [3.05, 3.63) is 61.5 Å². The molecule has 1 aliphatic heterocycles. The molecule has 8 heteroatoms. The zero-order chi connectivity index (χ0) is 18.7. The number of hydrogen-bond donors (Lipinski definition) is 1. The number of thiocarbonyl (C=S) groups is 1. The zero-order valence-corrected chi connectivity index (χ0v) is 18.5. The molecule has 138 valence electrons. The minimum Gasteiger partial charge on any atom is -0.346 e. The lowest BCUT2D eigenvalue weighted by atomic mass is 10.2. The van der Waals surface area contributed by atoms with E-state index in [0.717, 1.165) is 48.4 Å². The molecule has 2 aromatic carbocycles. The van der Waals surface area contributed by atoms with Crippen molar-refractivity contribution < 1.29 is 0 Å². The summed E-state index contributed by atoms with van der Waals surface area (Å²) >= 11 is 27.7. The highest BCUT2D eigenvalue weighted by Crippen LogP contribution is 2.27. The van der Waals surface area contributed by atoms with Crippen LogP contribution in [-0.2, 0) is 6.54 Å². The zero-order valence-electron chi connectivity index (χ0n) is 13.8. The number of anilines is 1. The summed E-state index contributed by atoms with van der Waals surface area (Å²) < 4.78 is 0.936. The molecule has 1 N–H and O–H groups in total. The van der Waals surface area contributed by atoms with Crippen molar-refractivity contribution in [2.24, 2.45) is 0 Å².